The Balaban J connectivity index is 1.72. The summed E-state index contributed by atoms with van der Waals surface area (Å²) in [6.07, 6.45) is 1.53. The number of benzene rings is 2. The van der Waals surface area contributed by atoms with Crippen LogP contribution in [0.15, 0.2) is 66.9 Å². The van der Waals surface area contributed by atoms with Gasteiger partial charge >= 0.3 is 0 Å². The molecule has 0 atom stereocenters. The van der Waals surface area contributed by atoms with Crippen LogP contribution in [0.4, 0.5) is 21.5 Å². The van der Waals surface area contributed by atoms with E-state index in [1.807, 2.05) is 24.3 Å². The first-order valence-corrected chi connectivity index (χ1v) is 7.59. The van der Waals surface area contributed by atoms with E-state index in [4.69, 9.17) is 4.74 Å². The lowest BCUT2D eigenvalue weighted by atomic mass is 10.2. The highest BCUT2D eigenvalue weighted by Gasteiger charge is 2.10. The molecule has 0 bridgehead atoms. The third kappa shape index (κ3) is 3.92. The lowest BCUT2D eigenvalue weighted by Gasteiger charge is -2.11. The van der Waals surface area contributed by atoms with E-state index in [9.17, 15) is 9.18 Å². The molecule has 25 heavy (non-hydrogen) atoms. The zero-order valence-electron chi connectivity index (χ0n) is 13.5. The van der Waals surface area contributed by atoms with E-state index in [1.54, 1.807) is 31.4 Å². The molecule has 0 fully saturated rings. The summed E-state index contributed by atoms with van der Waals surface area (Å²) in [4.78, 5) is 16.3. The molecule has 1 aromatic heterocycles. The summed E-state index contributed by atoms with van der Waals surface area (Å²) in [6.45, 7) is 0. The second-order valence-electron chi connectivity index (χ2n) is 5.19. The number of aromatic nitrogens is 1. The topological polar surface area (TPSA) is 63.2 Å². The summed E-state index contributed by atoms with van der Waals surface area (Å²) in [6, 6.07) is 16.7. The van der Waals surface area contributed by atoms with Gasteiger partial charge in [0.05, 0.1) is 30.4 Å². The number of pyridine rings is 1. The van der Waals surface area contributed by atoms with Crippen LogP contribution in [-0.2, 0) is 0 Å². The van der Waals surface area contributed by atoms with Gasteiger partial charge in [0.25, 0.3) is 5.91 Å². The lowest BCUT2D eigenvalue weighted by Crippen LogP contribution is -2.14. The van der Waals surface area contributed by atoms with Gasteiger partial charge in [0.1, 0.15) is 17.3 Å². The predicted molar refractivity (Wildman–Crippen MR) is 94.9 cm³/mol. The standard InChI is InChI=1S/C19H16FN3O2/c1-25-18-9-5-4-8-16(18)22-13-10-11-17(21-12-13)19(24)23-15-7-3-2-6-14(15)20/h2-12,22H,1H3,(H,23,24). The van der Waals surface area contributed by atoms with Gasteiger partial charge in [-0.3, -0.25) is 4.79 Å². The lowest BCUT2D eigenvalue weighted by molar-refractivity contribution is 0.102. The fourth-order valence-electron chi connectivity index (χ4n) is 2.25. The Morgan fingerprint density at radius 3 is 2.40 bits per heavy atom. The van der Waals surface area contributed by atoms with E-state index in [0.29, 0.717) is 11.4 Å². The van der Waals surface area contributed by atoms with Crippen molar-refractivity contribution in [3.63, 3.8) is 0 Å². The summed E-state index contributed by atoms with van der Waals surface area (Å²) >= 11 is 0. The minimum Gasteiger partial charge on any atom is -0.495 e. The SMILES string of the molecule is COc1ccccc1Nc1ccc(C(=O)Nc2ccccc2F)nc1. The third-order valence-corrected chi connectivity index (χ3v) is 3.50. The second-order valence-corrected chi connectivity index (χ2v) is 5.19. The van der Waals surface area contributed by atoms with E-state index < -0.39 is 11.7 Å². The average Bonchev–Trinajstić information content (AvgIpc) is 2.64. The average molecular weight is 337 g/mol. The van der Waals surface area contributed by atoms with Crippen LogP contribution in [0.25, 0.3) is 0 Å². The maximum absolute atomic E-state index is 13.6. The van der Waals surface area contributed by atoms with Crippen molar-refractivity contribution in [2.24, 2.45) is 0 Å². The van der Waals surface area contributed by atoms with Crippen LogP contribution in [0.1, 0.15) is 10.5 Å². The molecule has 126 valence electrons. The molecule has 3 aromatic rings. The van der Waals surface area contributed by atoms with Crippen LogP contribution >= 0.6 is 0 Å². The fourth-order valence-corrected chi connectivity index (χ4v) is 2.25. The van der Waals surface area contributed by atoms with E-state index in [2.05, 4.69) is 15.6 Å². The highest BCUT2D eigenvalue weighted by atomic mass is 19.1. The Morgan fingerprint density at radius 2 is 1.72 bits per heavy atom. The fraction of sp³-hybridized carbons (Fsp3) is 0.0526. The van der Waals surface area contributed by atoms with Crippen molar-refractivity contribution in [3.8, 4) is 5.75 Å². The minimum absolute atomic E-state index is 0.116. The van der Waals surface area contributed by atoms with Gasteiger partial charge < -0.3 is 15.4 Å². The molecule has 2 aromatic carbocycles. The van der Waals surface area contributed by atoms with Crippen LogP contribution in [0.3, 0.4) is 0 Å². The minimum atomic E-state index is -0.495. The molecule has 0 spiro atoms. The number of ether oxygens (including phenoxy) is 1. The van der Waals surface area contributed by atoms with Crippen molar-refractivity contribution in [2.45, 2.75) is 0 Å². The van der Waals surface area contributed by atoms with Gasteiger partial charge in [0, 0.05) is 0 Å². The number of rotatable bonds is 5. The van der Waals surface area contributed by atoms with Gasteiger partial charge in [0.15, 0.2) is 0 Å². The Morgan fingerprint density at radius 1 is 1.00 bits per heavy atom. The molecule has 5 nitrogen and oxygen atoms in total. The Hall–Kier alpha value is -3.41. The molecular weight excluding hydrogens is 321 g/mol. The smallest absolute Gasteiger partial charge is 0.274 e. The highest BCUT2D eigenvalue weighted by Crippen LogP contribution is 2.26. The molecule has 0 aliphatic carbocycles. The van der Waals surface area contributed by atoms with E-state index in [1.165, 1.54) is 18.3 Å². The largest absolute Gasteiger partial charge is 0.495 e. The maximum atomic E-state index is 13.6. The molecule has 3 rings (SSSR count). The first-order valence-electron chi connectivity index (χ1n) is 7.59. The van der Waals surface area contributed by atoms with Crippen LogP contribution in [-0.4, -0.2) is 18.0 Å². The number of anilines is 3. The summed E-state index contributed by atoms with van der Waals surface area (Å²) in [5.74, 6) is -0.275. The number of amides is 1. The Labute approximate surface area is 144 Å². The van der Waals surface area contributed by atoms with Crippen molar-refractivity contribution in [2.75, 3.05) is 17.7 Å². The van der Waals surface area contributed by atoms with Crippen LogP contribution in [0.5, 0.6) is 5.75 Å². The van der Waals surface area contributed by atoms with Crippen molar-refractivity contribution in [3.05, 3.63) is 78.4 Å². The first-order chi connectivity index (χ1) is 12.2. The highest BCUT2D eigenvalue weighted by molar-refractivity contribution is 6.03. The number of methoxy groups -OCH3 is 1. The number of hydrogen-bond donors (Lipinski definition) is 2. The van der Waals surface area contributed by atoms with Gasteiger partial charge in [0.2, 0.25) is 0 Å². The van der Waals surface area contributed by atoms with Gasteiger partial charge in [-0.2, -0.15) is 0 Å². The number of para-hydroxylation sites is 3. The van der Waals surface area contributed by atoms with Crippen molar-refractivity contribution in [1.29, 1.82) is 0 Å². The number of carbonyl (C=O) groups is 1. The van der Waals surface area contributed by atoms with E-state index in [-0.39, 0.29) is 11.4 Å². The summed E-state index contributed by atoms with van der Waals surface area (Å²) in [7, 11) is 1.59. The normalized spacial score (nSPS) is 10.2. The molecule has 0 aliphatic rings. The third-order valence-electron chi connectivity index (χ3n) is 3.50. The van der Waals surface area contributed by atoms with Gasteiger partial charge in [-0.1, -0.05) is 24.3 Å². The first kappa shape index (κ1) is 16.4. The zero-order valence-corrected chi connectivity index (χ0v) is 13.5. The van der Waals surface area contributed by atoms with Gasteiger partial charge in [-0.05, 0) is 36.4 Å². The second kappa shape index (κ2) is 7.44. The molecule has 6 heteroatoms. The van der Waals surface area contributed by atoms with E-state index in [0.717, 1.165) is 5.69 Å². The van der Waals surface area contributed by atoms with Crippen molar-refractivity contribution >= 4 is 23.0 Å². The molecule has 0 radical (unpaired) electrons. The summed E-state index contributed by atoms with van der Waals surface area (Å²) < 4.78 is 18.9. The molecule has 2 N–H and O–H groups in total. The Bertz CT molecular complexity index is 882. The molecule has 1 heterocycles. The summed E-state index contributed by atoms with van der Waals surface area (Å²) in [5, 5.41) is 5.67. The molecule has 0 saturated carbocycles. The van der Waals surface area contributed by atoms with Crippen LogP contribution < -0.4 is 15.4 Å². The maximum Gasteiger partial charge on any atom is 0.274 e. The van der Waals surface area contributed by atoms with Crippen LogP contribution in [0.2, 0.25) is 0 Å². The molecule has 0 aliphatic heterocycles. The van der Waals surface area contributed by atoms with Gasteiger partial charge in [-0.15, -0.1) is 0 Å². The number of nitrogens with zero attached hydrogens (tertiary/aromatic N) is 1. The molecular formula is C19H16FN3O2. The Kier molecular flexibility index (Phi) is 4.89. The zero-order chi connectivity index (χ0) is 17.6. The predicted octanol–water partition coefficient (Wildman–Crippen LogP) is 4.23. The van der Waals surface area contributed by atoms with E-state index >= 15 is 0 Å². The number of nitrogens with one attached hydrogen (secondary N) is 2. The quantitative estimate of drug-likeness (QED) is 0.731. The number of hydrogen-bond acceptors (Lipinski definition) is 4. The monoisotopic (exact) mass is 337 g/mol. The molecule has 0 unspecified atom stereocenters. The molecule has 0 saturated heterocycles. The van der Waals surface area contributed by atoms with Crippen molar-refractivity contribution < 1.29 is 13.9 Å². The van der Waals surface area contributed by atoms with Crippen molar-refractivity contribution in [1.82, 2.24) is 4.98 Å². The molecule has 1 amide bonds. The number of carbonyl (C=O) groups excluding carboxylic acids is 1. The summed E-state index contributed by atoms with van der Waals surface area (Å²) in [5.41, 5.74) is 1.79. The van der Waals surface area contributed by atoms with Gasteiger partial charge in [-0.25, -0.2) is 9.37 Å². The number of halogens is 1. The van der Waals surface area contributed by atoms with Crippen LogP contribution in [0, 0.1) is 5.82 Å².